The van der Waals surface area contributed by atoms with E-state index >= 15 is 0 Å². The Morgan fingerprint density at radius 2 is 1.84 bits per heavy atom. The van der Waals surface area contributed by atoms with E-state index in [9.17, 15) is 18.0 Å². The van der Waals surface area contributed by atoms with Crippen molar-refractivity contribution in [1.29, 1.82) is 0 Å². The maximum absolute atomic E-state index is 12.5. The molecule has 0 aliphatic rings. The van der Waals surface area contributed by atoms with Gasteiger partial charge >= 0.3 is 12.3 Å². The Morgan fingerprint density at radius 3 is 2.55 bits per heavy atom. The fourth-order valence-corrected chi connectivity index (χ4v) is 2.79. The van der Waals surface area contributed by atoms with Crippen LogP contribution in [0.5, 0.6) is 5.75 Å². The summed E-state index contributed by atoms with van der Waals surface area (Å²) in [4.78, 5) is 19.3. The number of aliphatic carboxylic acids is 1. The van der Waals surface area contributed by atoms with Crippen LogP contribution in [0.15, 0.2) is 54.6 Å². The molecule has 0 fully saturated rings. The van der Waals surface area contributed by atoms with Crippen LogP contribution < -0.4 is 15.4 Å². The molecule has 3 aromatic rings. The van der Waals surface area contributed by atoms with Gasteiger partial charge < -0.3 is 20.5 Å². The van der Waals surface area contributed by atoms with Gasteiger partial charge in [0.1, 0.15) is 18.1 Å². The molecule has 0 spiro atoms. The standard InChI is InChI=1S/C21H19F3N4O3/c1-13-4-2-5-14(8-13)11-25-18-10-17(27-20(28-18)26-12-19(29)30)15-6-3-7-16(9-15)31-21(22,23)24/h2-10H,11-12H2,1H3,(H,29,30)(H2,25,26,27,28). The first-order chi connectivity index (χ1) is 14.7. The van der Waals surface area contributed by atoms with E-state index in [1.165, 1.54) is 18.2 Å². The molecule has 2 aromatic carbocycles. The molecule has 0 saturated carbocycles. The highest BCUT2D eigenvalue weighted by molar-refractivity contribution is 5.72. The summed E-state index contributed by atoms with van der Waals surface area (Å²) >= 11 is 0. The molecule has 0 aliphatic heterocycles. The van der Waals surface area contributed by atoms with Crippen LogP contribution in [-0.2, 0) is 11.3 Å². The average molecular weight is 432 g/mol. The zero-order valence-corrected chi connectivity index (χ0v) is 16.4. The molecular weight excluding hydrogens is 413 g/mol. The molecule has 0 saturated heterocycles. The van der Waals surface area contributed by atoms with Gasteiger partial charge in [-0.05, 0) is 24.6 Å². The number of carbonyl (C=O) groups is 1. The number of anilines is 2. The number of alkyl halides is 3. The van der Waals surface area contributed by atoms with E-state index in [0.29, 0.717) is 23.6 Å². The van der Waals surface area contributed by atoms with Crippen molar-refractivity contribution in [3.63, 3.8) is 0 Å². The van der Waals surface area contributed by atoms with E-state index in [2.05, 4.69) is 25.3 Å². The van der Waals surface area contributed by atoms with Gasteiger partial charge in [0.2, 0.25) is 5.95 Å². The lowest BCUT2D eigenvalue weighted by molar-refractivity contribution is -0.274. The molecule has 3 N–H and O–H groups in total. The van der Waals surface area contributed by atoms with Crippen LogP contribution in [0, 0.1) is 6.92 Å². The van der Waals surface area contributed by atoms with E-state index < -0.39 is 24.6 Å². The summed E-state index contributed by atoms with van der Waals surface area (Å²) in [5.41, 5.74) is 2.73. The Balaban J connectivity index is 1.89. The SMILES string of the molecule is Cc1cccc(CNc2cc(-c3cccc(OC(F)(F)F)c3)nc(NCC(=O)O)n2)c1. The molecule has 3 rings (SSSR count). The van der Waals surface area contributed by atoms with Crippen molar-refractivity contribution >= 4 is 17.7 Å². The number of halogens is 3. The Kier molecular flexibility index (Phi) is 6.58. The largest absolute Gasteiger partial charge is 0.573 e. The van der Waals surface area contributed by atoms with Gasteiger partial charge in [0.05, 0.1) is 5.69 Å². The Morgan fingerprint density at radius 1 is 1.06 bits per heavy atom. The number of nitrogens with zero attached hydrogens (tertiary/aromatic N) is 2. The smallest absolute Gasteiger partial charge is 0.480 e. The maximum atomic E-state index is 12.5. The van der Waals surface area contributed by atoms with Crippen molar-refractivity contribution < 1.29 is 27.8 Å². The average Bonchev–Trinajstić information content (AvgIpc) is 2.70. The predicted octanol–water partition coefficient (Wildman–Crippen LogP) is 4.46. The third kappa shape index (κ3) is 6.88. The van der Waals surface area contributed by atoms with Gasteiger partial charge in [0, 0.05) is 18.2 Å². The van der Waals surface area contributed by atoms with Crippen molar-refractivity contribution in [2.75, 3.05) is 17.2 Å². The predicted molar refractivity (Wildman–Crippen MR) is 109 cm³/mol. The molecular formula is C21H19F3N4O3. The second-order valence-electron chi connectivity index (χ2n) is 6.63. The zero-order valence-electron chi connectivity index (χ0n) is 16.4. The molecule has 0 radical (unpaired) electrons. The fraction of sp³-hybridized carbons (Fsp3) is 0.190. The van der Waals surface area contributed by atoms with Gasteiger partial charge in [-0.15, -0.1) is 13.2 Å². The lowest BCUT2D eigenvalue weighted by Crippen LogP contribution is -2.17. The monoisotopic (exact) mass is 432 g/mol. The Hall–Kier alpha value is -3.82. The molecule has 0 aliphatic carbocycles. The normalized spacial score (nSPS) is 11.1. The fourth-order valence-electron chi connectivity index (χ4n) is 2.79. The number of nitrogens with one attached hydrogen (secondary N) is 2. The van der Waals surface area contributed by atoms with E-state index in [-0.39, 0.29) is 5.95 Å². The molecule has 7 nitrogen and oxygen atoms in total. The van der Waals surface area contributed by atoms with E-state index in [1.807, 2.05) is 31.2 Å². The summed E-state index contributed by atoms with van der Waals surface area (Å²) in [6.07, 6.45) is -4.82. The van der Waals surface area contributed by atoms with E-state index in [4.69, 9.17) is 5.11 Å². The van der Waals surface area contributed by atoms with E-state index in [0.717, 1.165) is 11.1 Å². The highest BCUT2D eigenvalue weighted by Gasteiger charge is 2.31. The number of ether oxygens (including phenoxy) is 1. The van der Waals surface area contributed by atoms with Crippen LogP contribution in [0.3, 0.4) is 0 Å². The molecule has 1 heterocycles. The number of benzene rings is 2. The third-order valence-electron chi connectivity index (χ3n) is 4.04. The summed E-state index contributed by atoms with van der Waals surface area (Å²) < 4.78 is 41.6. The van der Waals surface area contributed by atoms with Gasteiger partial charge in [-0.25, -0.2) is 4.98 Å². The highest BCUT2D eigenvalue weighted by Crippen LogP contribution is 2.28. The third-order valence-corrected chi connectivity index (χ3v) is 4.04. The van der Waals surface area contributed by atoms with Crippen molar-refractivity contribution in [3.8, 4) is 17.0 Å². The quantitative estimate of drug-likeness (QED) is 0.484. The highest BCUT2D eigenvalue weighted by atomic mass is 19.4. The topological polar surface area (TPSA) is 96.4 Å². The van der Waals surface area contributed by atoms with Gasteiger partial charge in [-0.3, -0.25) is 4.79 Å². The first kappa shape index (κ1) is 21.9. The minimum Gasteiger partial charge on any atom is -0.480 e. The van der Waals surface area contributed by atoms with Crippen molar-refractivity contribution in [2.24, 2.45) is 0 Å². The minimum absolute atomic E-state index is 0.0220. The number of rotatable bonds is 8. The minimum atomic E-state index is -4.82. The molecule has 162 valence electrons. The summed E-state index contributed by atoms with van der Waals surface area (Å²) in [7, 11) is 0. The lowest BCUT2D eigenvalue weighted by Gasteiger charge is -2.13. The molecule has 0 bridgehead atoms. The van der Waals surface area contributed by atoms with Crippen molar-refractivity contribution in [1.82, 2.24) is 9.97 Å². The number of hydrogen-bond acceptors (Lipinski definition) is 6. The van der Waals surface area contributed by atoms with Crippen LogP contribution in [0.25, 0.3) is 11.3 Å². The number of carboxylic acid groups (broad SMARTS) is 1. The molecule has 31 heavy (non-hydrogen) atoms. The van der Waals surface area contributed by atoms with Crippen LogP contribution in [-0.4, -0.2) is 34.0 Å². The zero-order chi connectivity index (χ0) is 22.4. The Labute approximate surface area is 175 Å². The number of hydrogen-bond donors (Lipinski definition) is 3. The van der Waals surface area contributed by atoms with Gasteiger partial charge in [-0.1, -0.05) is 42.0 Å². The summed E-state index contributed by atoms with van der Waals surface area (Å²) in [5, 5.41) is 14.6. The van der Waals surface area contributed by atoms with Crippen molar-refractivity contribution in [2.45, 2.75) is 19.8 Å². The second kappa shape index (κ2) is 9.33. The van der Waals surface area contributed by atoms with Crippen LogP contribution in [0.4, 0.5) is 24.9 Å². The van der Waals surface area contributed by atoms with E-state index in [1.54, 1.807) is 12.1 Å². The number of aryl methyl sites for hydroxylation is 1. The molecule has 0 amide bonds. The summed E-state index contributed by atoms with van der Waals surface area (Å²) in [5.74, 6) is -1.10. The first-order valence-corrected chi connectivity index (χ1v) is 9.18. The van der Waals surface area contributed by atoms with Crippen LogP contribution in [0.1, 0.15) is 11.1 Å². The lowest BCUT2D eigenvalue weighted by atomic mass is 10.1. The number of carboxylic acids is 1. The van der Waals surface area contributed by atoms with Gasteiger partial charge in [0.25, 0.3) is 0 Å². The Bertz CT molecular complexity index is 1070. The number of aromatic nitrogens is 2. The van der Waals surface area contributed by atoms with Gasteiger partial charge in [-0.2, -0.15) is 4.98 Å². The second-order valence-corrected chi connectivity index (χ2v) is 6.63. The maximum Gasteiger partial charge on any atom is 0.573 e. The summed E-state index contributed by atoms with van der Waals surface area (Å²) in [6.45, 7) is 1.99. The van der Waals surface area contributed by atoms with Crippen LogP contribution >= 0.6 is 0 Å². The molecule has 0 unspecified atom stereocenters. The molecule has 10 heteroatoms. The summed E-state index contributed by atoms with van der Waals surface area (Å²) in [6, 6.07) is 14.7. The van der Waals surface area contributed by atoms with Gasteiger partial charge in [0.15, 0.2) is 0 Å². The molecule has 1 aromatic heterocycles. The first-order valence-electron chi connectivity index (χ1n) is 9.18. The van der Waals surface area contributed by atoms with Crippen molar-refractivity contribution in [3.05, 3.63) is 65.7 Å². The van der Waals surface area contributed by atoms with Crippen LogP contribution in [0.2, 0.25) is 0 Å². The molecule has 0 atom stereocenters.